The Labute approximate surface area is 115 Å². The van der Waals surface area contributed by atoms with E-state index in [1.54, 1.807) is 0 Å². The highest BCUT2D eigenvalue weighted by atomic mass is 16.5. The lowest BCUT2D eigenvalue weighted by atomic mass is 10.0. The first-order valence-corrected chi connectivity index (χ1v) is 7.06. The van der Waals surface area contributed by atoms with Gasteiger partial charge in [0.2, 0.25) is 0 Å². The lowest BCUT2D eigenvalue weighted by Crippen LogP contribution is -2.51. The smallest absolute Gasteiger partial charge is 0.124 e. The summed E-state index contributed by atoms with van der Waals surface area (Å²) in [4.78, 5) is 2.33. The lowest BCUT2D eigenvalue weighted by Gasteiger charge is -2.37. The van der Waals surface area contributed by atoms with Crippen molar-refractivity contribution >= 4 is 0 Å². The second kappa shape index (κ2) is 6.89. The van der Waals surface area contributed by atoms with Crippen LogP contribution in [0.25, 0.3) is 0 Å². The average molecular weight is 264 g/mol. The van der Waals surface area contributed by atoms with E-state index in [2.05, 4.69) is 23.2 Å². The van der Waals surface area contributed by atoms with Gasteiger partial charge in [0.15, 0.2) is 0 Å². The van der Waals surface area contributed by atoms with E-state index in [1.807, 2.05) is 25.1 Å². The van der Waals surface area contributed by atoms with Crippen LogP contribution in [0.1, 0.15) is 25.5 Å². The number of benzene rings is 1. The molecular formula is C15H24N2O2. The Kier molecular flexibility index (Phi) is 5.19. The van der Waals surface area contributed by atoms with Gasteiger partial charge in [-0.2, -0.15) is 0 Å². The van der Waals surface area contributed by atoms with E-state index in [-0.39, 0.29) is 12.6 Å². The second-order valence-electron chi connectivity index (χ2n) is 5.02. The molecule has 1 heterocycles. The number of hydrogen-bond acceptors (Lipinski definition) is 4. The highest BCUT2D eigenvalue weighted by Gasteiger charge is 2.26. The van der Waals surface area contributed by atoms with E-state index in [1.165, 1.54) is 0 Å². The zero-order chi connectivity index (χ0) is 13.7. The summed E-state index contributed by atoms with van der Waals surface area (Å²) in [6.07, 6.45) is 0. The molecule has 1 aliphatic rings. The highest BCUT2D eigenvalue weighted by molar-refractivity contribution is 5.36. The standard InChI is InChI=1S/C15H24N2O2/c1-3-19-15-7-5-4-6-13(15)14(11-18)17-9-8-16-12(2)10-17/h4-7,12,14,16,18H,3,8-11H2,1-2H3. The molecule has 0 amide bonds. The van der Waals surface area contributed by atoms with Crippen molar-refractivity contribution in [2.75, 3.05) is 32.8 Å². The van der Waals surface area contributed by atoms with Crippen LogP contribution in [0.3, 0.4) is 0 Å². The minimum atomic E-state index is 0.0206. The van der Waals surface area contributed by atoms with Gasteiger partial charge in [-0.3, -0.25) is 4.90 Å². The maximum atomic E-state index is 9.79. The zero-order valence-corrected chi connectivity index (χ0v) is 11.8. The van der Waals surface area contributed by atoms with Gasteiger partial charge in [0.05, 0.1) is 19.3 Å². The van der Waals surface area contributed by atoms with Crippen LogP contribution in [-0.4, -0.2) is 48.9 Å². The van der Waals surface area contributed by atoms with Gasteiger partial charge in [-0.15, -0.1) is 0 Å². The van der Waals surface area contributed by atoms with Crippen LogP contribution in [0.5, 0.6) is 5.75 Å². The third kappa shape index (κ3) is 3.47. The van der Waals surface area contributed by atoms with Gasteiger partial charge in [0.25, 0.3) is 0 Å². The van der Waals surface area contributed by atoms with Crippen LogP contribution in [0.2, 0.25) is 0 Å². The van der Waals surface area contributed by atoms with Crippen molar-refractivity contribution in [1.29, 1.82) is 0 Å². The molecule has 0 saturated carbocycles. The molecule has 0 radical (unpaired) electrons. The van der Waals surface area contributed by atoms with Crippen molar-refractivity contribution in [1.82, 2.24) is 10.2 Å². The molecule has 4 heteroatoms. The Balaban J connectivity index is 2.20. The summed E-state index contributed by atoms with van der Waals surface area (Å²) in [5, 5.41) is 13.2. The van der Waals surface area contributed by atoms with Crippen molar-refractivity contribution in [3.8, 4) is 5.75 Å². The van der Waals surface area contributed by atoms with Crippen LogP contribution >= 0.6 is 0 Å². The molecule has 1 fully saturated rings. The minimum absolute atomic E-state index is 0.0206. The van der Waals surface area contributed by atoms with Crippen molar-refractivity contribution in [3.63, 3.8) is 0 Å². The van der Waals surface area contributed by atoms with Crippen molar-refractivity contribution in [2.45, 2.75) is 25.9 Å². The van der Waals surface area contributed by atoms with Crippen LogP contribution in [-0.2, 0) is 0 Å². The molecule has 2 N–H and O–H groups in total. The minimum Gasteiger partial charge on any atom is -0.494 e. The molecule has 2 unspecified atom stereocenters. The van der Waals surface area contributed by atoms with Crippen LogP contribution in [0, 0.1) is 0 Å². The number of nitrogens with zero attached hydrogens (tertiary/aromatic N) is 1. The molecule has 1 aliphatic heterocycles. The van der Waals surface area contributed by atoms with E-state index in [9.17, 15) is 5.11 Å². The molecule has 2 atom stereocenters. The number of hydrogen-bond donors (Lipinski definition) is 2. The van der Waals surface area contributed by atoms with E-state index in [4.69, 9.17) is 4.74 Å². The fourth-order valence-electron chi connectivity index (χ4n) is 2.70. The van der Waals surface area contributed by atoms with Gasteiger partial charge in [-0.05, 0) is 19.9 Å². The summed E-state index contributed by atoms with van der Waals surface area (Å²) in [6, 6.07) is 8.50. The molecule has 4 nitrogen and oxygen atoms in total. The first-order chi connectivity index (χ1) is 9.26. The fraction of sp³-hybridized carbons (Fsp3) is 0.600. The molecule has 1 aromatic rings. The average Bonchev–Trinajstić information content (AvgIpc) is 2.42. The van der Waals surface area contributed by atoms with Crippen molar-refractivity contribution in [2.24, 2.45) is 0 Å². The Bertz CT molecular complexity index is 397. The first-order valence-electron chi connectivity index (χ1n) is 7.06. The van der Waals surface area contributed by atoms with Crippen LogP contribution in [0.15, 0.2) is 24.3 Å². The third-order valence-corrected chi connectivity index (χ3v) is 3.59. The van der Waals surface area contributed by atoms with Gasteiger partial charge in [-0.1, -0.05) is 18.2 Å². The molecule has 106 valence electrons. The zero-order valence-electron chi connectivity index (χ0n) is 11.8. The van der Waals surface area contributed by atoms with Crippen molar-refractivity contribution in [3.05, 3.63) is 29.8 Å². The van der Waals surface area contributed by atoms with E-state index >= 15 is 0 Å². The Morgan fingerprint density at radius 3 is 2.95 bits per heavy atom. The van der Waals surface area contributed by atoms with Crippen LogP contribution in [0.4, 0.5) is 0 Å². The van der Waals surface area contributed by atoms with E-state index in [0.29, 0.717) is 12.6 Å². The van der Waals surface area contributed by atoms with Gasteiger partial charge in [0.1, 0.15) is 5.75 Å². The molecule has 1 saturated heterocycles. The molecular weight excluding hydrogens is 240 g/mol. The number of aliphatic hydroxyl groups excluding tert-OH is 1. The Hall–Kier alpha value is -1.10. The number of ether oxygens (including phenoxy) is 1. The topological polar surface area (TPSA) is 44.7 Å². The van der Waals surface area contributed by atoms with Crippen molar-refractivity contribution < 1.29 is 9.84 Å². The molecule has 0 spiro atoms. The number of rotatable bonds is 5. The summed E-state index contributed by atoms with van der Waals surface area (Å²) >= 11 is 0. The van der Waals surface area contributed by atoms with Gasteiger partial charge < -0.3 is 15.2 Å². The predicted molar refractivity (Wildman–Crippen MR) is 76.5 cm³/mol. The van der Waals surface area contributed by atoms with Crippen LogP contribution < -0.4 is 10.1 Å². The SMILES string of the molecule is CCOc1ccccc1C(CO)N1CCNC(C)C1. The fourth-order valence-corrected chi connectivity index (χ4v) is 2.70. The molecule has 0 aliphatic carbocycles. The highest BCUT2D eigenvalue weighted by Crippen LogP contribution is 2.29. The number of para-hydroxylation sites is 1. The molecule has 1 aromatic carbocycles. The predicted octanol–water partition coefficient (Wildman–Crippen LogP) is 1.41. The normalized spacial score (nSPS) is 22.2. The second-order valence-corrected chi connectivity index (χ2v) is 5.02. The molecule has 0 aromatic heterocycles. The summed E-state index contributed by atoms with van der Waals surface area (Å²) in [5.41, 5.74) is 1.08. The lowest BCUT2D eigenvalue weighted by molar-refractivity contribution is 0.0941. The summed E-state index contributed by atoms with van der Waals surface area (Å²) < 4.78 is 5.68. The number of nitrogens with one attached hydrogen (secondary N) is 1. The molecule has 19 heavy (non-hydrogen) atoms. The quantitative estimate of drug-likeness (QED) is 0.844. The van der Waals surface area contributed by atoms with E-state index < -0.39 is 0 Å². The first kappa shape index (κ1) is 14.3. The molecule has 0 bridgehead atoms. The Morgan fingerprint density at radius 2 is 2.26 bits per heavy atom. The van der Waals surface area contributed by atoms with Gasteiger partial charge in [-0.25, -0.2) is 0 Å². The summed E-state index contributed by atoms with van der Waals surface area (Å²) in [5.74, 6) is 0.884. The summed E-state index contributed by atoms with van der Waals surface area (Å²) in [6.45, 7) is 7.80. The van der Waals surface area contributed by atoms with Gasteiger partial charge >= 0.3 is 0 Å². The van der Waals surface area contributed by atoms with Gasteiger partial charge in [0, 0.05) is 31.2 Å². The monoisotopic (exact) mass is 264 g/mol. The third-order valence-electron chi connectivity index (χ3n) is 3.59. The number of piperazine rings is 1. The maximum absolute atomic E-state index is 9.79. The summed E-state index contributed by atoms with van der Waals surface area (Å²) in [7, 11) is 0. The maximum Gasteiger partial charge on any atom is 0.124 e. The molecule has 2 rings (SSSR count). The number of aliphatic hydroxyl groups is 1. The largest absolute Gasteiger partial charge is 0.494 e. The Morgan fingerprint density at radius 1 is 1.47 bits per heavy atom. The van der Waals surface area contributed by atoms with E-state index in [0.717, 1.165) is 30.9 Å².